The molecule has 3 rings (SSSR count). The maximum Gasteiger partial charge on any atom is 0.339 e. The van der Waals surface area contributed by atoms with Gasteiger partial charge in [0.15, 0.2) is 0 Å². The molecule has 7 heteroatoms. The summed E-state index contributed by atoms with van der Waals surface area (Å²) in [6.07, 6.45) is 12.9. The second-order valence-corrected chi connectivity index (χ2v) is 8.19. The zero-order chi connectivity index (χ0) is 28.7. The molecule has 1 aliphatic carbocycles. The van der Waals surface area contributed by atoms with Gasteiger partial charge in [0.05, 0.1) is 13.0 Å². The zero-order valence-electron chi connectivity index (χ0n) is 23.8. The van der Waals surface area contributed by atoms with Crippen molar-refractivity contribution in [3.8, 4) is 5.75 Å². The molecule has 2 unspecified atom stereocenters. The number of hydrogen-bond donors (Lipinski definition) is 1. The fraction of sp³-hybridized carbons (Fsp3) is 0.452. The number of allylic oxidation sites excluding steroid dienone is 3. The Bertz CT molecular complexity index is 1030. The molecule has 2 aliphatic rings. The number of rotatable bonds is 8. The van der Waals surface area contributed by atoms with Crippen molar-refractivity contribution in [3.63, 3.8) is 0 Å². The van der Waals surface area contributed by atoms with Crippen LogP contribution < -0.4 is 4.74 Å². The van der Waals surface area contributed by atoms with Gasteiger partial charge >= 0.3 is 5.97 Å². The van der Waals surface area contributed by atoms with Gasteiger partial charge in [0.25, 0.3) is 11.8 Å². The van der Waals surface area contributed by atoms with Crippen LogP contribution in [-0.4, -0.2) is 35.1 Å². The number of amides is 2. The quantitative estimate of drug-likeness (QED) is 0.314. The highest BCUT2D eigenvalue weighted by Crippen LogP contribution is 2.40. The van der Waals surface area contributed by atoms with Crippen LogP contribution in [0.1, 0.15) is 79.2 Å². The van der Waals surface area contributed by atoms with E-state index in [1.54, 1.807) is 31.4 Å². The van der Waals surface area contributed by atoms with Crippen LogP contribution in [0.2, 0.25) is 0 Å². The molecule has 1 aromatic rings. The first kappa shape index (κ1) is 32.6. The first-order valence-electron chi connectivity index (χ1n) is 13.5. The monoisotopic (exact) mass is 525 g/mol. The predicted molar refractivity (Wildman–Crippen MR) is 150 cm³/mol. The third-order valence-corrected chi connectivity index (χ3v) is 6.03. The molecule has 0 saturated carbocycles. The van der Waals surface area contributed by atoms with Gasteiger partial charge in [-0.05, 0) is 55.0 Å². The van der Waals surface area contributed by atoms with E-state index in [1.807, 2.05) is 78.0 Å². The van der Waals surface area contributed by atoms with Crippen LogP contribution in [0.5, 0.6) is 5.75 Å². The second-order valence-electron chi connectivity index (χ2n) is 8.19. The summed E-state index contributed by atoms with van der Waals surface area (Å²) in [4.78, 5) is 41.4. The van der Waals surface area contributed by atoms with E-state index in [9.17, 15) is 19.5 Å². The predicted octanol–water partition coefficient (Wildman–Crippen LogP) is 6.35. The highest BCUT2D eigenvalue weighted by molar-refractivity contribution is 6.01. The van der Waals surface area contributed by atoms with E-state index in [0.717, 1.165) is 6.42 Å². The molecule has 1 aromatic carbocycles. The van der Waals surface area contributed by atoms with E-state index in [1.165, 1.54) is 0 Å². The molecule has 0 aromatic heterocycles. The lowest BCUT2D eigenvalue weighted by Gasteiger charge is -2.32. The Balaban J connectivity index is 0.00000172. The van der Waals surface area contributed by atoms with Gasteiger partial charge in [0.1, 0.15) is 11.4 Å². The van der Waals surface area contributed by atoms with E-state index >= 15 is 0 Å². The number of hydroxylamine groups is 2. The summed E-state index contributed by atoms with van der Waals surface area (Å²) in [5.74, 6) is -1.67. The molecular formula is C31H43NO6. The molecule has 38 heavy (non-hydrogen) atoms. The first-order valence-corrected chi connectivity index (χ1v) is 13.5. The Morgan fingerprint density at radius 2 is 1.71 bits per heavy atom. The van der Waals surface area contributed by atoms with E-state index < -0.39 is 29.3 Å². The van der Waals surface area contributed by atoms with E-state index in [-0.39, 0.29) is 12.8 Å². The number of hydrogen-bond acceptors (Lipinski definition) is 6. The Labute approximate surface area is 227 Å². The van der Waals surface area contributed by atoms with Crippen LogP contribution >= 0.6 is 0 Å². The SMILES string of the molecule is C/C=C(\C=C/CC)C(O)(C1=CCCC(C(=O)ON2C(=O)CCC2=O)C=C1)c1ccc(OC)cc1.CC.CC. The van der Waals surface area contributed by atoms with Crippen molar-refractivity contribution in [1.29, 1.82) is 0 Å². The molecule has 0 spiro atoms. The number of aliphatic hydroxyl groups is 1. The van der Waals surface area contributed by atoms with Gasteiger partial charge in [-0.15, -0.1) is 5.06 Å². The maximum absolute atomic E-state index is 12.7. The fourth-order valence-electron chi connectivity index (χ4n) is 4.09. The van der Waals surface area contributed by atoms with E-state index in [2.05, 4.69) is 0 Å². The standard InChI is InChI=1S/C27H31NO6.2C2H6/c1-4-6-9-20(5-2)27(32,22-13-15-23(33-3)16-14-22)21-10-7-8-19(11-12-21)26(31)34-28-24(29)17-18-25(28)30;2*1-2/h5-6,9-16,19,32H,4,7-8,17-18H2,1-3H3;2*1-2H3/b9-6-,20-5+;;. The molecular weight excluding hydrogens is 482 g/mol. The lowest BCUT2D eigenvalue weighted by molar-refractivity contribution is -0.199. The van der Waals surface area contributed by atoms with Crippen molar-refractivity contribution in [2.45, 2.75) is 79.2 Å². The largest absolute Gasteiger partial charge is 0.497 e. The number of benzene rings is 1. The smallest absolute Gasteiger partial charge is 0.339 e. The Hall–Kier alpha value is -3.45. The van der Waals surface area contributed by atoms with Crippen LogP contribution in [0.3, 0.4) is 0 Å². The molecule has 1 N–H and O–H groups in total. The maximum atomic E-state index is 12.7. The minimum atomic E-state index is -1.46. The van der Waals surface area contributed by atoms with Gasteiger partial charge in [-0.25, -0.2) is 4.79 Å². The van der Waals surface area contributed by atoms with Gasteiger partial charge in [0, 0.05) is 12.8 Å². The third kappa shape index (κ3) is 7.78. The molecule has 208 valence electrons. The molecule has 7 nitrogen and oxygen atoms in total. The van der Waals surface area contributed by atoms with Crippen molar-refractivity contribution in [3.05, 3.63) is 77.4 Å². The number of imide groups is 1. The molecule has 2 atom stereocenters. The van der Waals surface area contributed by atoms with Crippen LogP contribution in [-0.2, 0) is 24.8 Å². The molecule has 2 amide bonds. The van der Waals surface area contributed by atoms with Gasteiger partial charge in [0.2, 0.25) is 0 Å². The van der Waals surface area contributed by atoms with Crippen molar-refractivity contribution >= 4 is 17.8 Å². The Morgan fingerprint density at radius 1 is 1.11 bits per heavy atom. The normalized spacial score (nSPS) is 18.9. The average molecular weight is 526 g/mol. The van der Waals surface area contributed by atoms with Gasteiger partial charge in [-0.2, -0.15) is 0 Å². The molecule has 0 radical (unpaired) electrons. The van der Waals surface area contributed by atoms with Gasteiger partial charge in [-0.3, -0.25) is 9.59 Å². The van der Waals surface area contributed by atoms with E-state index in [4.69, 9.17) is 9.57 Å². The molecule has 1 saturated heterocycles. The van der Waals surface area contributed by atoms with Crippen LogP contribution in [0, 0.1) is 5.92 Å². The Morgan fingerprint density at radius 3 is 2.24 bits per heavy atom. The summed E-state index contributed by atoms with van der Waals surface area (Å²) in [6, 6.07) is 7.22. The number of ether oxygens (including phenoxy) is 1. The Kier molecular flexibility index (Phi) is 14.1. The van der Waals surface area contributed by atoms with Gasteiger partial charge < -0.3 is 14.7 Å². The van der Waals surface area contributed by atoms with Crippen molar-refractivity contribution in [1.82, 2.24) is 5.06 Å². The molecule has 0 bridgehead atoms. The van der Waals surface area contributed by atoms with Crippen molar-refractivity contribution < 1.29 is 29.1 Å². The summed E-state index contributed by atoms with van der Waals surface area (Å²) in [5.41, 5.74) is 0.523. The summed E-state index contributed by atoms with van der Waals surface area (Å²) in [5, 5.41) is 12.7. The highest BCUT2D eigenvalue weighted by atomic mass is 16.7. The third-order valence-electron chi connectivity index (χ3n) is 6.03. The van der Waals surface area contributed by atoms with Crippen LogP contribution in [0.25, 0.3) is 0 Å². The number of carbonyl (C=O) groups excluding carboxylic acids is 3. The van der Waals surface area contributed by atoms with Crippen molar-refractivity contribution in [2.24, 2.45) is 5.92 Å². The summed E-state index contributed by atoms with van der Waals surface area (Å²) < 4.78 is 5.27. The van der Waals surface area contributed by atoms with E-state index in [0.29, 0.717) is 40.4 Å². The zero-order valence-corrected chi connectivity index (χ0v) is 23.8. The van der Waals surface area contributed by atoms with Crippen LogP contribution in [0.4, 0.5) is 0 Å². The van der Waals surface area contributed by atoms with Crippen molar-refractivity contribution in [2.75, 3.05) is 7.11 Å². The number of carbonyl (C=O) groups is 3. The van der Waals surface area contributed by atoms with Crippen LogP contribution in [0.15, 0.2) is 71.9 Å². The number of nitrogens with zero attached hydrogens (tertiary/aromatic N) is 1. The minimum Gasteiger partial charge on any atom is -0.497 e. The topological polar surface area (TPSA) is 93.1 Å². The lowest BCUT2D eigenvalue weighted by atomic mass is 9.78. The number of methoxy groups -OCH3 is 1. The molecule has 1 fully saturated rings. The molecule has 1 heterocycles. The summed E-state index contributed by atoms with van der Waals surface area (Å²) >= 11 is 0. The summed E-state index contributed by atoms with van der Waals surface area (Å²) in [7, 11) is 1.58. The minimum absolute atomic E-state index is 0.0463. The highest BCUT2D eigenvalue weighted by Gasteiger charge is 2.37. The lowest BCUT2D eigenvalue weighted by Crippen LogP contribution is -2.34. The van der Waals surface area contributed by atoms with Gasteiger partial charge in [-0.1, -0.05) is 83.2 Å². The molecule has 1 aliphatic heterocycles. The average Bonchev–Trinajstić information content (AvgIpc) is 3.14. The first-order chi connectivity index (χ1) is 18.3. The fourth-order valence-corrected chi connectivity index (χ4v) is 4.09. The summed E-state index contributed by atoms with van der Waals surface area (Å²) in [6.45, 7) is 11.9. The second kappa shape index (κ2) is 16.4.